The molecule has 33 heavy (non-hydrogen) atoms. The lowest BCUT2D eigenvalue weighted by atomic mass is 9.89. The van der Waals surface area contributed by atoms with Gasteiger partial charge in [-0.05, 0) is 65.8 Å². The number of amides is 1. The summed E-state index contributed by atoms with van der Waals surface area (Å²) in [7, 11) is -4.01. The normalized spacial score (nSPS) is 12.7. The maximum absolute atomic E-state index is 13.4. The number of fused-ring (bicyclic) bond motifs is 1. The number of nitrogens with one attached hydrogen (secondary N) is 1. The van der Waals surface area contributed by atoms with E-state index in [0.717, 1.165) is 33.9 Å². The van der Waals surface area contributed by atoms with E-state index in [1.54, 1.807) is 12.1 Å². The molecule has 1 unspecified atom stereocenters. The van der Waals surface area contributed by atoms with E-state index >= 15 is 0 Å². The quantitative estimate of drug-likeness (QED) is 0.405. The molecule has 3 aromatic carbocycles. The summed E-state index contributed by atoms with van der Waals surface area (Å²) < 4.78 is 36.8. The fourth-order valence-electron chi connectivity index (χ4n) is 3.73. The topological polar surface area (TPSA) is 89.0 Å². The van der Waals surface area contributed by atoms with Crippen molar-refractivity contribution < 1.29 is 13.2 Å². The summed E-state index contributed by atoms with van der Waals surface area (Å²) in [6.07, 6.45) is 0.364. The second-order valence-corrected chi connectivity index (χ2v) is 10.6. The standard InChI is InChI=1S/C25H25N3O3S2/c1-16(2)18-8-11-21(12-9-18)33(30,31)28-25(29)22(14-19-7-5-4-6-17(19)3)20-10-13-23-24(15-20)27-32-26-23/h4-13,15-16,22H,14H2,1-3H3,(H,28,29). The number of nitrogens with zero attached hydrogens (tertiary/aromatic N) is 2. The van der Waals surface area contributed by atoms with Crippen LogP contribution in [0.4, 0.5) is 0 Å². The van der Waals surface area contributed by atoms with Crippen LogP contribution < -0.4 is 4.72 Å². The molecule has 4 aromatic rings. The van der Waals surface area contributed by atoms with Crippen LogP contribution in [0.1, 0.15) is 47.9 Å². The Kier molecular flexibility index (Phi) is 6.58. The molecule has 1 aromatic heterocycles. The zero-order chi connectivity index (χ0) is 23.6. The zero-order valence-electron chi connectivity index (χ0n) is 18.6. The Bertz CT molecular complexity index is 1390. The van der Waals surface area contributed by atoms with Crippen LogP contribution in [0.3, 0.4) is 0 Å². The van der Waals surface area contributed by atoms with Crippen molar-refractivity contribution in [2.75, 3.05) is 0 Å². The Labute approximate surface area is 198 Å². The Morgan fingerprint density at radius 2 is 1.61 bits per heavy atom. The molecule has 0 fully saturated rings. The third kappa shape index (κ3) is 5.12. The smallest absolute Gasteiger partial charge is 0.264 e. The van der Waals surface area contributed by atoms with Crippen molar-refractivity contribution in [2.45, 2.75) is 43.9 Å². The van der Waals surface area contributed by atoms with E-state index in [1.807, 2.05) is 63.2 Å². The van der Waals surface area contributed by atoms with Gasteiger partial charge in [-0.1, -0.05) is 56.3 Å². The highest BCUT2D eigenvalue weighted by molar-refractivity contribution is 7.90. The van der Waals surface area contributed by atoms with E-state index < -0.39 is 21.8 Å². The number of carbonyl (C=O) groups excluding carboxylic acids is 1. The summed E-state index contributed by atoms with van der Waals surface area (Å²) in [6.45, 7) is 6.05. The lowest BCUT2D eigenvalue weighted by Crippen LogP contribution is -2.35. The summed E-state index contributed by atoms with van der Waals surface area (Å²) in [5, 5.41) is 0. The van der Waals surface area contributed by atoms with Crippen LogP contribution in [0, 0.1) is 6.92 Å². The molecule has 0 saturated carbocycles. The number of benzene rings is 3. The van der Waals surface area contributed by atoms with Crippen LogP contribution >= 0.6 is 11.7 Å². The van der Waals surface area contributed by atoms with Gasteiger partial charge in [-0.2, -0.15) is 8.75 Å². The minimum atomic E-state index is -4.01. The van der Waals surface area contributed by atoms with Crippen molar-refractivity contribution in [1.29, 1.82) is 0 Å². The van der Waals surface area contributed by atoms with E-state index in [-0.39, 0.29) is 10.8 Å². The van der Waals surface area contributed by atoms with Crippen molar-refractivity contribution in [3.63, 3.8) is 0 Å². The van der Waals surface area contributed by atoms with Crippen LogP contribution in [0.5, 0.6) is 0 Å². The molecule has 1 atom stereocenters. The minimum Gasteiger partial charge on any atom is -0.273 e. The first kappa shape index (κ1) is 23.1. The molecule has 8 heteroatoms. The first-order valence-electron chi connectivity index (χ1n) is 10.7. The number of hydrogen-bond acceptors (Lipinski definition) is 6. The summed E-state index contributed by atoms with van der Waals surface area (Å²) in [4.78, 5) is 13.4. The molecular formula is C25H25N3O3S2. The van der Waals surface area contributed by atoms with E-state index in [9.17, 15) is 13.2 Å². The Morgan fingerprint density at radius 3 is 2.30 bits per heavy atom. The van der Waals surface area contributed by atoms with Crippen molar-refractivity contribution in [1.82, 2.24) is 13.5 Å². The van der Waals surface area contributed by atoms with Crippen LogP contribution in [-0.4, -0.2) is 23.1 Å². The zero-order valence-corrected chi connectivity index (χ0v) is 20.3. The summed E-state index contributed by atoms with van der Waals surface area (Å²) in [6, 6.07) is 19.8. The highest BCUT2D eigenvalue weighted by Gasteiger charge is 2.27. The molecule has 0 spiro atoms. The molecule has 0 aliphatic rings. The minimum absolute atomic E-state index is 0.0639. The molecule has 4 rings (SSSR count). The third-order valence-corrected chi connectivity index (χ3v) is 7.69. The first-order chi connectivity index (χ1) is 15.7. The van der Waals surface area contributed by atoms with Gasteiger partial charge in [0.2, 0.25) is 5.91 Å². The number of aryl methyl sites for hydroxylation is 1. The molecule has 1 amide bonds. The molecule has 170 valence electrons. The second kappa shape index (κ2) is 9.41. The van der Waals surface area contributed by atoms with Crippen molar-refractivity contribution in [3.05, 3.63) is 89.0 Å². The predicted molar refractivity (Wildman–Crippen MR) is 131 cm³/mol. The molecule has 0 bridgehead atoms. The van der Waals surface area contributed by atoms with Gasteiger partial charge in [0.1, 0.15) is 11.0 Å². The summed E-state index contributed by atoms with van der Waals surface area (Å²) in [5.74, 6) is -0.999. The average Bonchev–Trinajstić information content (AvgIpc) is 3.26. The second-order valence-electron chi connectivity index (χ2n) is 8.39. The largest absolute Gasteiger partial charge is 0.273 e. The fourth-order valence-corrected chi connectivity index (χ4v) is 5.27. The monoisotopic (exact) mass is 479 g/mol. The molecule has 1 N–H and O–H groups in total. The molecule has 0 aliphatic carbocycles. The van der Waals surface area contributed by atoms with Gasteiger partial charge >= 0.3 is 0 Å². The Balaban J connectivity index is 1.66. The Morgan fingerprint density at radius 1 is 0.939 bits per heavy atom. The Hall–Kier alpha value is -3.10. The number of aromatic nitrogens is 2. The highest BCUT2D eigenvalue weighted by atomic mass is 32.2. The molecule has 0 radical (unpaired) electrons. The highest BCUT2D eigenvalue weighted by Crippen LogP contribution is 2.27. The summed E-state index contributed by atoms with van der Waals surface area (Å²) in [5.41, 5.74) is 5.18. The third-order valence-electron chi connectivity index (χ3n) is 5.77. The lowest BCUT2D eigenvalue weighted by Gasteiger charge is -2.19. The van der Waals surface area contributed by atoms with Gasteiger partial charge in [0.05, 0.1) is 22.5 Å². The molecule has 6 nitrogen and oxygen atoms in total. The van der Waals surface area contributed by atoms with Gasteiger partial charge in [0.25, 0.3) is 10.0 Å². The predicted octanol–water partition coefficient (Wildman–Crippen LogP) is 4.95. The van der Waals surface area contributed by atoms with E-state index in [1.165, 1.54) is 12.1 Å². The lowest BCUT2D eigenvalue weighted by molar-refractivity contribution is -0.120. The van der Waals surface area contributed by atoms with Gasteiger partial charge in [-0.15, -0.1) is 0 Å². The van der Waals surface area contributed by atoms with Crippen molar-refractivity contribution in [2.24, 2.45) is 0 Å². The van der Waals surface area contributed by atoms with E-state index in [2.05, 4.69) is 13.5 Å². The average molecular weight is 480 g/mol. The van der Waals surface area contributed by atoms with Crippen LogP contribution in [0.2, 0.25) is 0 Å². The molecular weight excluding hydrogens is 454 g/mol. The first-order valence-corrected chi connectivity index (χ1v) is 12.9. The van der Waals surface area contributed by atoms with Crippen LogP contribution in [-0.2, 0) is 21.2 Å². The summed E-state index contributed by atoms with van der Waals surface area (Å²) >= 11 is 1.10. The van der Waals surface area contributed by atoms with Crippen LogP contribution in [0.15, 0.2) is 71.6 Å². The molecule has 1 heterocycles. The van der Waals surface area contributed by atoms with Gasteiger partial charge in [0, 0.05) is 0 Å². The number of hydrogen-bond donors (Lipinski definition) is 1. The van der Waals surface area contributed by atoms with Crippen LogP contribution in [0.25, 0.3) is 11.0 Å². The van der Waals surface area contributed by atoms with Gasteiger partial charge in [0.15, 0.2) is 0 Å². The van der Waals surface area contributed by atoms with Gasteiger partial charge in [-0.25, -0.2) is 13.1 Å². The maximum atomic E-state index is 13.4. The van der Waals surface area contributed by atoms with Crippen molar-refractivity contribution in [3.8, 4) is 0 Å². The molecule has 0 saturated heterocycles. The van der Waals surface area contributed by atoms with E-state index in [0.29, 0.717) is 17.5 Å². The maximum Gasteiger partial charge on any atom is 0.264 e. The number of carbonyl (C=O) groups is 1. The SMILES string of the molecule is Cc1ccccc1CC(C(=O)NS(=O)(=O)c1ccc(C(C)C)cc1)c1ccc2nsnc2c1. The van der Waals surface area contributed by atoms with Gasteiger partial charge < -0.3 is 0 Å². The number of rotatable bonds is 7. The molecule has 0 aliphatic heterocycles. The van der Waals surface area contributed by atoms with Crippen molar-refractivity contribution >= 4 is 38.7 Å². The fraction of sp³-hybridized carbons (Fsp3) is 0.240. The van der Waals surface area contributed by atoms with Gasteiger partial charge in [-0.3, -0.25) is 4.79 Å². The van der Waals surface area contributed by atoms with E-state index in [4.69, 9.17) is 0 Å². The number of sulfonamides is 1.